The highest BCUT2D eigenvalue weighted by Crippen LogP contribution is 2.35. The number of para-hydroxylation sites is 1. The minimum atomic E-state index is -0.0873. The number of hydrogen-bond acceptors (Lipinski definition) is 2. The number of carbonyl (C=O) groups excluding carboxylic acids is 1. The molecule has 6 rings (SSSR count). The van der Waals surface area contributed by atoms with E-state index in [2.05, 4.69) is 84.2 Å². The van der Waals surface area contributed by atoms with Crippen molar-refractivity contribution in [1.29, 1.82) is 0 Å². The van der Waals surface area contributed by atoms with Gasteiger partial charge in [-0.2, -0.15) is 0 Å². The third-order valence-corrected chi connectivity index (χ3v) is 6.43. The van der Waals surface area contributed by atoms with Gasteiger partial charge in [0.2, 0.25) is 0 Å². The van der Waals surface area contributed by atoms with Crippen molar-refractivity contribution in [1.82, 2.24) is 0 Å². The van der Waals surface area contributed by atoms with Crippen LogP contribution in [0.4, 0.5) is 5.69 Å². The van der Waals surface area contributed by atoms with E-state index in [1.54, 1.807) is 0 Å². The molecule has 2 nitrogen and oxygen atoms in total. The molecule has 0 spiro atoms. The number of ketones is 1. The molecule has 1 aliphatic rings. The number of nitrogens with one attached hydrogen (secondary N) is 1. The zero-order valence-electron chi connectivity index (χ0n) is 16.6. The van der Waals surface area contributed by atoms with Crippen LogP contribution in [-0.2, 0) is 11.2 Å². The Balaban J connectivity index is 1.49. The van der Waals surface area contributed by atoms with E-state index in [4.69, 9.17) is 0 Å². The fourth-order valence-corrected chi connectivity index (χ4v) is 4.89. The molecular formula is C28H21NO. The summed E-state index contributed by atoms with van der Waals surface area (Å²) >= 11 is 0. The molecule has 1 N–H and O–H groups in total. The van der Waals surface area contributed by atoms with Crippen LogP contribution in [0.15, 0.2) is 91.0 Å². The molecule has 1 atom stereocenters. The molecule has 1 unspecified atom stereocenters. The molecule has 1 heterocycles. The van der Waals surface area contributed by atoms with Crippen LogP contribution < -0.4 is 5.32 Å². The van der Waals surface area contributed by atoms with Gasteiger partial charge >= 0.3 is 0 Å². The zero-order chi connectivity index (χ0) is 20.1. The third kappa shape index (κ3) is 2.68. The highest BCUT2D eigenvalue weighted by Gasteiger charge is 2.27. The molecule has 5 aromatic rings. The van der Waals surface area contributed by atoms with Crippen LogP contribution >= 0.6 is 0 Å². The van der Waals surface area contributed by atoms with E-state index in [1.165, 1.54) is 37.9 Å². The highest BCUT2D eigenvalue weighted by atomic mass is 16.1. The summed E-state index contributed by atoms with van der Waals surface area (Å²) in [7, 11) is 0. The third-order valence-electron chi connectivity index (χ3n) is 6.43. The van der Waals surface area contributed by atoms with Crippen LogP contribution in [0.1, 0.15) is 17.0 Å². The molecule has 30 heavy (non-hydrogen) atoms. The van der Waals surface area contributed by atoms with Crippen molar-refractivity contribution in [2.75, 3.05) is 11.9 Å². The number of rotatable bonds is 2. The van der Waals surface area contributed by atoms with Gasteiger partial charge in [-0.3, -0.25) is 4.79 Å². The van der Waals surface area contributed by atoms with Gasteiger partial charge in [-0.05, 0) is 55.9 Å². The Hall–Kier alpha value is -3.65. The number of fused-ring (bicyclic) bond motifs is 6. The van der Waals surface area contributed by atoms with Gasteiger partial charge in [0.1, 0.15) is 0 Å². The van der Waals surface area contributed by atoms with Gasteiger partial charge in [0.05, 0.1) is 12.5 Å². The van der Waals surface area contributed by atoms with E-state index in [9.17, 15) is 4.79 Å². The SMILES string of the molecule is O=C1CNc2ccccc2C1Cc1ccc2ccc3c4ccccc4ccc3c2c1. The van der Waals surface area contributed by atoms with Crippen molar-refractivity contribution in [2.45, 2.75) is 12.3 Å². The summed E-state index contributed by atoms with van der Waals surface area (Å²) in [5, 5.41) is 10.8. The van der Waals surface area contributed by atoms with Gasteiger partial charge in [0, 0.05) is 5.69 Å². The van der Waals surface area contributed by atoms with Crippen LogP contribution in [0.5, 0.6) is 0 Å². The molecule has 0 saturated carbocycles. The lowest BCUT2D eigenvalue weighted by molar-refractivity contribution is -0.119. The van der Waals surface area contributed by atoms with Crippen molar-refractivity contribution < 1.29 is 4.79 Å². The Morgan fingerprint density at radius 2 is 1.40 bits per heavy atom. The second-order valence-electron chi connectivity index (χ2n) is 8.17. The van der Waals surface area contributed by atoms with E-state index >= 15 is 0 Å². The first-order valence-electron chi connectivity index (χ1n) is 10.5. The van der Waals surface area contributed by atoms with Gasteiger partial charge in [-0.15, -0.1) is 0 Å². The lowest BCUT2D eigenvalue weighted by Crippen LogP contribution is -2.29. The van der Waals surface area contributed by atoms with Crippen LogP contribution in [-0.4, -0.2) is 12.3 Å². The Kier molecular flexibility index (Phi) is 3.85. The maximum absolute atomic E-state index is 12.7. The summed E-state index contributed by atoms with van der Waals surface area (Å²) in [4.78, 5) is 12.7. The summed E-state index contributed by atoms with van der Waals surface area (Å²) in [6.07, 6.45) is 0.734. The normalized spacial score (nSPS) is 16.0. The molecule has 0 aromatic heterocycles. The minimum absolute atomic E-state index is 0.0873. The maximum Gasteiger partial charge on any atom is 0.159 e. The highest BCUT2D eigenvalue weighted by molar-refractivity contribution is 6.17. The van der Waals surface area contributed by atoms with Gasteiger partial charge in [0.15, 0.2) is 5.78 Å². The van der Waals surface area contributed by atoms with Crippen LogP contribution in [0.2, 0.25) is 0 Å². The molecule has 0 aliphatic carbocycles. The Morgan fingerprint density at radius 1 is 0.700 bits per heavy atom. The van der Waals surface area contributed by atoms with E-state index in [1.807, 2.05) is 12.1 Å². The van der Waals surface area contributed by atoms with Crippen molar-refractivity contribution in [3.05, 3.63) is 102 Å². The summed E-state index contributed by atoms with van der Waals surface area (Å²) < 4.78 is 0. The van der Waals surface area contributed by atoms with Crippen molar-refractivity contribution in [3.63, 3.8) is 0 Å². The first-order valence-corrected chi connectivity index (χ1v) is 10.5. The molecule has 1 aliphatic heterocycles. The van der Waals surface area contributed by atoms with Crippen LogP contribution in [0, 0.1) is 0 Å². The number of hydrogen-bond donors (Lipinski definition) is 1. The fraction of sp³-hybridized carbons (Fsp3) is 0.107. The quantitative estimate of drug-likeness (QED) is 0.352. The Labute approximate surface area is 175 Å². The molecule has 2 heteroatoms. The molecule has 0 radical (unpaired) electrons. The monoisotopic (exact) mass is 387 g/mol. The molecule has 0 bridgehead atoms. The lowest BCUT2D eigenvalue weighted by Gasteiger charge is -2.25. The van der Waals surface area contributed by atoms with E-state index < -0.39 is 0 Å². The van der Waals surface area contributed by atoms with Gasteiger partial charge in [-0.1, -0.05) is 84.9 Å². The molecule has 0 fully saturated rings. The predicted octanol–water partition coefficient (Wildman–Crippen LogP) is 6.47. The average Bonchev–Trinajstić information content (AvgIpc) is 2.80. The minimum Gasteiger partial charge on any atom is -0.378 e. The molecule has 0 saturated heterocycles. The summed E-state index contributed by atoms with van der Waals surface area (Å²) in [5.41, 5.74) is 3.40. The predicted molar refractivity (Wildman–Crippen MR) is 125 cm³/mol. The van der Waals surface area contributed by atoms with E-state index in [0.29, 0.717) is 6.54 Å². The second kappa shape index (κ2) is 6.70. The first-order chi connectivity index (χ1) is 14.8. The molecular weight excluding hydrogens is 366 g/mol. The molecule has 0 amide bonds. The summed E-state index contributed by atoms with van der Waals surface area (Å²) in [5.74, 6) is 0.174. The van der Waals surface area contributed by atoms with E-state index in [0.717, 1.165) is 17.7 Å². The molecule has 144 valence electrons. The van der Waals surface area contributed by atoms with Crippen LogP contribution in [0.3, 0.4) is 0 Å². The number of Topliss-reactive ketones (excluding diaryl/α,β-unsaturated/α-hetero) is 1. The lowest BCUT2D eigenvalue weighted by atomic mass is 9.84. The Morgan fingerprint density at radius 3 is 2.30 bits per heavy atom. The van der Waals surface area contributed by atoms with Gasteiger partial charge < -0.3 is 5.32 Å². The van der Waals surface area contributed by atoms with Gasteiger partial charge in [0.25, 0.3) is 0 Å². The van der Waals surface area contributed by atoms with Gasteiger partial charge in [-0.25, -0.2) is 0 Å². The largest absolute Gasteiger partial charge is 0.378 e. The fourth-order valence-electron chi connectivity index (χ4n) is 4.89. The van der Waals surface area contributed by atoms with Crippen molar-refractivity contribution in [2.24, 2.45) is 0 Å². The smallest absolute Gasteiger partial charge is 0.159 e. The summed E-state index contributed by atoms with van der Waals surface area (Å²) in [6.45, 7) is 0.407. The van der Waals surface area contributed by atoms with Crippen molar-refractivity contribution >= 4 is 43.8 Å². The maximum atomic E-state index is 12.7. The van der Waals surface area contributed by atoms with Crippen LogP contribution in [0.25, 0.3) is 32.3 Å². The number of benzene rings is 5. The number of carbonyl (C=O) groups is 1. The van der Waals surface area contributed by atoms with Crippen molar-refractivity contribution in [3.8, 4) is 0 Å². The summed E-state index contributed by atoms with van der Waals surface area (Å²) in [6, 6.07) is 32.2. The zero-order valence-corrected chi connectivity index (χ0v) is 16.6. The molecule has 5 aromatic carbocycles. The standard InChI is InChI=1S/C28H21NO/c30-28-17-29-27-8-4-3-7-24(27)26(28)16-18-9-10-20-12-13-22-21-6-2-1-5-19(21)11-14-23(22)25(20)15-18/h1-15,26,29H,16-17H2. The first kappa shape index (κ1) is 17.2. The number of anilines is 1. The van der Waals surface area contributed by atoms with E-state index in [-0.39, 0.29) is 11.7 Å². The second-order valence-corrected chi connectivity index (χ2v) is 8.17. The average molecular weight is 387 g/mol. The topological polar surface area (TPSA) is 29.1 Å². The Bertz CT molecular complexity index is 1450.